The molecule has 0 amide bonds. The lowest BCUT2D eigenvalue weighted by Crippen LogP contribution is -3.61. The van der Waals surface area contributed by atoms with E-state index in [0.717, 1.165) is 11.5 Å². The largest absolute Gasteiger partial charge is 0.741 e. The lowest BCUT2D eigenvalue weighted by atomic mass is 10.2. The monoisotopic (exact) mass is 884 g/mol. The van der Waals surface area contributed by atoms with E-state index in [1.54, 1.807) is 0 Å². The zero-order valence-electron chi connectivity index (χ0n) is 26.4. The summed E-state index contributed by atoms with van der Waals surface area (Å²) >= 11 is -0.162. The molecule has 51 heavy (non-hydrogen) atoms. The van der Waals surface area contributed by atoms with Gasteiger partial charge in [0.05, 0.1) is 10.9 Å². The molecule has 0 aliphatic carbocycles. The molecule has 0 aliphatic rings. The predicted octanol–water partition coefficient (Wildman–Crippen LogP) is 5.42. The maximum absolute atomic E-state index is 10.7. The number of aryl methyl sites for hydroxylation is 2. The molecule has 0 bridgehead atoms. The van der Waals surface area contributed by atoms with Crippen molar-refractivity contribution in [1.29, 1.82) is 0 Å². The van der Waals surface area contributed by atoms with E-state index in [0.29, 0.717) is 0 Å². The van der Waals surface area contributed by atoms with Crippen molar-refractivity contribution in [3.8, 4) is 11.5 Å². The summed E-state index contributed by atoms with van der Waals surface area (Å²) in [5, 5.41) is 0. The van der Waals surface area contributed by atoms with Gasteiger partial charge in [-0.05, 0) is 86.6 Å². The summed E-state index contributed by atoms with van der Waals surface area (Å²) in [5.74, 6) is 1.73. The molecule has 0 N–H and O–H groups in total. The van der Waals surface area contributed by atoms with E-state index >= 15 is 0 Å². The first kappa shape index (κ1) is 41.8. The molecule has 0 fully saturated rings. The van der Waals surface area contributed by atoms with Crippen LogP contribution < -0.4 is 25.9 Å². The van der Waals surface area contributed by atoms with Gasteiger partial charge in [0, 0.05) is 11.1 Å². The molecule has 0 atom stereocenters. The molecular formula is C34H27F6IO7S3. The van der Waals surface area contributed by atoms with Crippen LogP contribution >= 0.6 is 0 Å². The van der Waals surface area contributed by atoms with E-state index < -0.39 is 31.3 Å². The van der Waals surface area contributed by atoms with E-state index in [1.165, 1.54) is 33.0 Å². The standard InChI is InChI=1S/C32H27IOS.2CHF3O3S/c1-24-10-6-8-14-31(24)35(32-15-9-7-11-25(32)2)30-22-20-29(21-23-30)34-28-18-16-27(17-19-28)33-26-12-4-3-5-13-26;2*2-1(3,4)8(5,6)7/h3-23H,1-2H3;2*(H,5,6,7)/q+2;;/p-2. The second-order valence-electron chi connectivity index (χ2n) is 10.1. The third kappa shape index (κ3) is 12.8. The summed E-state index contributed by atoms with van der Waals surface area (Å²) < 4.78 is 127. The molecule has 5 rings (SSSR count). The van der Waals surface area contributed by atoms with Crippen LogP contribution in [0.15, 0.2) is 142 Å². The number of hydrogen-bond acceptors (Lipinski definition) is 7. The number of halogens is 7. The Labute approximate surface area is 304 Å². The average Bonchev–Trinajstić information content (AvgIpc) is 3.04. The first-order chi connectivity index (χ1) is 23.7. The van der Waals surface area contributed by atoms with Crippen LogP contribution in [0.4, 0.5) is 26.3 Å². The van der Waals surface area contributed by atoms with Gasteiger partial charge in [0.2, 0.25) is 0 Å². The van der Waals surface area contributed by atoms with Crippen LogP contribution in [0.1, 0.15) is 11.1 Å². The highest BCUT2D eigenvalue weighted by molar-refractivity contribution is 7.97. The lowest BCUT2D eigenvalue weighted by Gasteiger charge is -2.12. The number of ether oxygens (including phenoxy) is 1. The number of rotatable bonds is 7. The quantitative estimate of drug-likeness (QED) is 0.0704. The highest BCUT2D eigenvalue weighted by Gasteiger charge is 2.37. The Bertz CT molecular complexity index is 2010. The fraction of sp³-hybridized carbons (Fsp3) is 0.118. The number of alkyl halides is 6. The van der Waals surface area contributed by atoms with Crippen LogP contribution in [0, 0.1) is 21.0 Å². The molecule has 272 valence electrons. The van der Waals surface area contributed by atoms with E-state index in [-0.39, 0.29) is 32.1 Å². The fourth-order valence-electron chi connectivity index (χ4n) is 3.89. The minimum absolute atomic E-state index is 0.162. The summed E-state index contributed by atoms with van der Waals surface area (Å²) in [6.07, 6.45) is 0. The van der Waals surface area contributed by atoms with Gasteiger partial charge in [-0.2, -0.15) is 26.3 Å². The zero-order valence-corrected chi connectivity index (χ0v) is 31.0. The minimum atomic E-state index is -6.09. The molecule has 5 aromatic rings. The highest BCUT2D eigenvalue weighted by Crippen LogP contribution is 2.36. The molecule has 7 nitrogen and oxygen atoms in total. The molecule has 5 aromatic carbocycles. The van der Waals surface area contributed by atoms with Crippen LogP contribution in [-0.2, 0) is 31.1 Å². The Hall–Kier alpha value is -3.62. The summed E-state index contributed by atoms with van der Waals surface area (Å²) in [6.45, 7) is 4.41. The molecule has 0 saturated heterocycles. The Morgan fingerprint density at radius 1 is 0.529 bits per heavy atom. The van der Waals surface area contributed by atoms with Gasteiger partial charge >= 0.3 is 32.2 Å². The molecule has 0 aliphatic heterocycles. The van der Waals surface area contributed by atoms with Crippen LogP contribution in [0.2, 0.25) is 0 Å². The SMILES string of the molecule is Cc1ccccc1[S+](c1ccc(Oc2ccc([I+]c3ccccc3)cc2)cc1)c1ccccc1C.O=S(=O)([O-])C(F)(F)F.O=S(=O)([O-])C(F)(F)F. The first-order valence-corrected chi connectivity index (χ1v) is 20.3. The smallest absolute Gasteiger partial charge is 0.485 e. The third-order valence-electron chi connectivity index (χ3n) is 6.25. The van der Waals surface area contributed by atoms with Crippen LogP contribution in [0.3, 0.4) is 0 Å². The maximum atomic E-state index is 10.7. The number of benzene rings is 5. The normalized spacial score (nSPS) is 11.9. The average molecular weight is 885 g/mol. The topological polar surface area (TPSA) is 124 Å². The molecule has 0 heterocycles. The molecule has 0 saturated carbocycles. The van der Waals surface area contributed by atoms with Crippen molar-refractivity contribution in [2.75, 3.05) is 0 Å². The van der Waals surface area contributed by atoms with Crippen molar-refractivity contribution in [2.24, 2.45) is 0 Å². The Balaban J connectivity index is 0.000000366. The van der Waals surface area contributed by atoms with Gasteiger partial charge < -0.3 is 13.8 Å². The Morgan fingerprint density at radius 3 is 1.24 bits per heavy atom. The summed E-state index contributed by atoms with van der Waals surface area (Å²) in [4.78, 5) is 4.03. The fourth-order valence-corrected chi connectivity index (χ4v) is 8.47. The zero-order chi connectivity index (χ0) is 38.0. The van der Waals surface area contributed by atoms with E-state index in [2.05, 4.69) is 141 Å². The minimum Gasteiger partial charge on any atom is -0.741 e. The van der Waals surface area contributed by atoms with E-state index in [9.17, 15) is 26.3 Å². The maximum Gasteiger partial charge on any atom is 0.485 e. The third-order valence-corrected chi connectivity index (χ3v) is 12.6. The molecule has 0 radical (unpaired) electrons. The molecule has 0 aromatic heterocycles. The van der Waals surface area contributed by atoms with Gasteiger partial charge in [-0.25, -0.2) is 16.8 Å². The predicted molar refractivity (Wildman–Crippen MR) is 173 cm³/mol. The van der Waals surface area contributed by atoms with E-state index in [1.807, 2.05) is 0 Å². The number of hydrogen-bond donors (Lipinski definition) is 0. The van der Waals surface area contributed by atoms with Crippen molar-refractivity contribution in [1.82, 2.24) is 0 Å². The second kappa shape index (κ2) is 17.7. The summed E-state index contributed by atoms with van der Waals surface area (Å²) in [6, 6.07) is 45.3. The van der Waals surface area contributed by atoms with Gasteiger partial charge in [-0.15, -0.1) is 0 Å². The van der Waals surface area contributed by atoms with Crippen molar-refractivity contribution in [2.45, 2.75) is 39.6 Å². The van der Waals surface area contributed by atoms with Crippen LogP contribution in [-0.4, -0.2) is 37.0 Å². The van der Waals surface area contributed by atoms with Crippen molar-refractivity contribution < 1.29 is 78.2 Å². The van der Waals surface area contributed by atoms with Crippen LogP contribution in [0.25, 0.3) is 0 Å². The molecule has 17 heteroatoms. The first-order valence-electron chi connectivity index (χ1n) is 14.1. The van der Waals surface area contributed by atoms with Crippen LogP contribution in [0.5, 0.6) is 11.5 Å². The van der Waals surface area contributed by atoms with Gasteiger partial charge in [0.1, 0.15) is 11.5 Å². The van der Waals surface area contributed by atoms with Crippen molar-refractivity contribution >= 4 is 31.1 Å². The molecule has 0 unspecified atom stereocenters. The van der Waals surface area contributed by atoms with Gasteiger partial charge in [0.15, 0.2) is 42.1 Å². The van der Waals surface area contributed by atoms with Gasteiger partial charge in [-0.3, -0.25) is 0 Å². The van der Waals surface area contributed by atoms with Gasteiger partial charge in [0.25, 0.3) is 0 Å². The molecule has 0 spiro atoms. The Morgan fingerprint density at radius 2 is 0.863 bits per heavy atom. The summed E-state index contributed by atoms with van der Waals surface area (Å²) in [5.41, 5.74) is -8.66. The second-order valence-corrected chi connectivity index (χ2v) is 17.8. The Kier molecular flexibility index (Phi) is 14.5. The van der Waals surface area contributed by atoms with E-state index in [4.69, 9.17) is 30.7 Å². The summed E-state index contributed by atoms with van der Waals surface area (Å²) in [7, 11) is -12.3. The van der Waals surface area contributed by atoms with Gasteiger partial charge in [-0.1, -0.05) is 54.6 Å². The highest BCUT2D eigenvalue weighted by atomic mass is 127. The lowest BCUT2D eigenvalue weighted by molar-refractivity contribution is -0.597. The van der Waals surface area contributed by atoms with Crippen molar-refractivity contribution in [3.63, 3.8) is 0 Å². The van der Waals surface area contributed by atoms with Crippen molar-refractivity contribution in [3.05, 3.63) is 146 Å². The molecular weight excluding hydrogens is 857 g/mol.